The van der Waals surface area contributed by atoms with Gasteiger partial charge in [0.25, 0.3) is 5.91 Å². The molecule has 1 aromatic carbocycles. The molecule has 0 aliphatic rings. The third kappa shape index (κ3) is 3.30. The van der Waals surface area contributed by atoms with E-state index in [9.17, 15) is 4.79 Å². The van der Waals surface area contributed by atoms with Gasteiger partial charge >= 0.3 is 0 Å². The number of halogens is 3. The van der Waals surface area contributed by atoms with Crippen molar-refractivity contribution in [1.82, 2.24) is 5.43 Å². The molecule has 1 amide bonds. The quantitative estimate of drug-likeness (QED) is 0.357. The van der Waals surface area contributed by atoms with Crippen LogP contribution >= 0.6 is 46.6 Å². The zero-order chi connectivity index (χ0) is 9.14. The van der Waals surface area contributed by atoms with Crippen LogP contribution in [0.5, 0.6) is 0 Å². The number of nitrogens with one attached hydrogen (secondary N) is 1. The Balaban J connectivity index is 0.00000144. The maximum Gasteiger partial charge on any atom is 0.266 e. The van der Waals surface area contributed by atoms with Crippen molar-refractivity contribution in [3.05, 3.63) is 32.4 Å². The molecular formula is C7H7Cl2IN2O. The number of rotatable bonds is 1. The minimum atomic E-state index is -0.378. The summed E-state index contributed by atoms with van der Waals surface area (Å²) in [4.78, 5) is 11.0. The summed E-state index contributed by atoms with van der Waals surface area (Å²) in [6.45, 7) is 0. The second kappa shape index (κ2) is 5.64. The number of amides is 1. The predicted molar refractivity (Wildman–Crippen MR) is 63.1 cm³/mol. The summed E-state index contributed by atoms with van der Waals surface area (Å²) in [5, 5.41) is 0.407. The molecule has 6 heteroatoms. The first kappa shape index (κ1) is 13.0. The van der Waals surface area contributed by atoms with Crippen molar-refractivity contribution >= 4 is 52.5 Å². The average Bonchev–Trinajstić information content (AvgIpc) is 2.03. The fraction of sp³-hybridized carbons (Fsp3) is 0. The molecule has 0 unspecified atom stereocenters. The Morgan fingerprint density at radius 2 is 2.15 bits per heavy atom. The van der Waals surface area contributed by atoms with Gasteiger partial charge in [-0.05, 0) is 40.8 Å². The molecule has 0 atom stereocenters. The van der Waals surface area contributed by atoms with Gasteiger partial charge in [-0.25, -0.2) is 5.84 Å². The van der Waals surface area contributed by atoms with E-state index in [4.69, 9.17) is 17.4 Å². The van der Waals surface area contributed by atoms with Crippen LogP contribution in [0.1, 0.15) is 10.4 Å². The molecule has 0 aliphatic carbocycles. The van der Waals surface area contributed by atoms with Gasteiger partial charge in [0.2, 0.25) is 0 Å². The minimum Gasteiger partial charge on any atom is -0.290 e. The van der Waals surface area contributed by atoms with Crippen molar-refractivity contribution in [1.29, 1.82) is 0 Å². The summed E-state index contributed by atoms with van der Waals surface area (Å²) in [6, 6.07) is 5.12. The van der Waals surface area contributed by atoms with E-state index in [0.29, 0.717) is 10.6 Å². The van der Waals surface area contributed by atoms with Gasteiger partial charge in [-0.3, -0.25) is 10.2 Å². The Morgan fingerprint density at radius 1 is 1.54 bits per heavy atom. The lowest BCUT2D eigenvalue weighted by molar-refractivity contribution is 0.0954. The molecule has 1 aromatic rings. The Kier molecular flexibility index (Phi) is 5.62. The zero-order valence-electron chi connectivity index (χ0n) is 6.38. The zero-order valence-corrected chi connectivity index (χ0v) is 10.1. The van der Waals surface area contributed by atoms with E-state index < -0.39 is 0 Å². The monoisotopic (exact) mass is 332 g/mol. The van der Waals surface area contributed by atoms with E-state index >= 15 is 0 Å². The van der Waals surface area contributed by atoms with E-state index in [2.05, 4.69) is 22.6 Å². The van der Waals surface area contributed by atoms with Crippen LogP contribution in [0, 0.1) is 3.57 Å². The van der Waals surface area contributed by atoms with Crippen LogP contribution in [-0.2, 0) is 0 Å². The van der Waals surface area contributed by atoms with Crippen LogP contribution in [0.2, 0.25) is 5.02 Å². The summed E-state index contributed by atoms with van der Waals surface area (Å²) in [5.41, 5.74) is 2.40. The maximum absolute atomic E-state index is 11.0. The van der Waals surface area contributed by atoms with Crippen LogP contribution in [0.15, 0.2) is 18.2 Å². The minimum absolute atomic E-state index is 0. The van der Waals surface area contributed by atoms with E-state index in [1.165, 1.54) is 0 Å². The fourth-order valence-electron chi connectivity index (χ4n) is 0.751. The molecule has 0 aromatic heterocycles. The molecule has 1 rings (SSSR count). The van der Waals surface area contributed by atoms with Gasteiger partial charge in [0, 0.05) is 3.57 Å². The molecule has 0 spiro atoms. The van der Waals surface area contributed by atoms with Crippen LogP contribution in [-0.4, -0.2) is 5.91 Å². The van der Waals surface area contributed by atoms with E-state index in [-0.39, 0.29) is 18.3 Å². The van der Waals surface area contributed by atoms with E-state index in [1.54, 1.807) is 18.2 Å². The van der Waals surface area contributed by atoms with E-state index in [0.717, 1.165) is 3.57 Å². The molecule has 13 heavy (non-hydrogen) atoms. The van der Waals surface area contributed by atoms with Gasteiger partial charge in [-0.2, -0.15) is 0 Å². The third-order valence-corrected chi connectivity index (χ3v) is 2.29. The highest BCUT2D eigenvalue weighted by molar-refractivity contribution is 14.1. The first-order valence-corrected chi connectivity index (χ1v) is 4.57. The van der Waals surface area contributed by atoms with Gasteiger partial charge in [0.05, 0.1) is 10.6 Å². The number of hydrogen-bond donors (Lipinski definition) is 2. The van der Waals surface area contributed by atoms with Crippen molar-refractivity contribution in [2.75, 3.05) is 0 Å². The molecule has 0 saturated carbocycles. The number of carbonyl (C=O) groups excluding carboxylic acids is 1. The highest BCUT2D eigenvalue weighted by Gasteiger charge is 2.07. The van der Waals surface area contributed by atoms with Crippen molar-refractivity contribution in [3.8, 4) is 0 Å². The van der Waals surface area contributed by atoms with Crippen molar-refractivity contribution in [2.24, 2.45) is 5.84 Å². The van der Waals surface area contributed by atoms with Gasteiger partial charge in [-0.15, -0.1) is 12.4 Å². The second-order valence-corrected chi connectivity index (χ2v) is 3.75. The van der Waals surface area contributed by atoms with Crippen LogP contribution in [0.25, 0.3) is 0 Å². The molecule has 0 heterocycles. The van der Waals surface area contributed by atoms with Crippen molar-refractivity contribution in [3.63, 3.8) is 0 Å². The number of hydrogen-bond acceptors (Lipinski definition) is 2. The number of hydrazine groups is 1. The largest absolute Gasteiger partial charge is 0.290 e. The van der Waals surface area contributed by atoms with Crippen LogP contribution in [0.3, 0.4) is 0 Å². The molecule has 0 bridgehead atoms. The lowest BCUT2D eigenvalue weighted by atomic mass is 10.2. The molecule has 0 radical (unpaired) electrons. The highest BCUT2D eigenvalue weighted by Crippen LogP contribution is 2.18. The predicted octanol–water partition coefficient (Wildman–Crippen LogP) is 1.97. The summed E-state index contributed by atoms with van der Waals surface area (Å²) in [6.07, 6.45) is 0. The fourth-order valence-corrected chi connectivity index (χ4v) is 1.69. The normalized spacial score (nSPS) is 8.85. The smallest absolute Gasteiger partial charge is 0.266 e. The van der Waals surface area contributed by atoms with Crippen molar-refractivity contribution in [2.45, 2.75) is 0 Å². The van der Waals surface area contributed by atoms with Gasteiger partial charge in [0.1, 0.15) is 0 Å². The maximum atomic E-state index is 11.0. The second-order valence-electron chi connectivity index (χ2n) is 2.10. The molecule has 0 saturated heterocycles. The molecule has 72 valence electrons. The molecule has 0 aliphatic heterocycles. The molecule has 3 nitrogen and oxygen atoms in total. The van der Waals surface area contributed by atoms with Gasteiger partial charge in [0.15, 0.2) is 0 Å². The first-order valence-electron chi connectivity index (χ1n) is 3.11. The Labute approximate surface area is 101 Å². The lowest BCUT2D eigenvalue weighted by Gasteiger charge is -2.01. The van der Waals surface area contributed by atoms with Gasteiger partial charge in [-0.1, -0.05) is 11.6 Å². The lowest BCUT2D eigenvalue weighted by Crippen LogP contribution is -2.30. The number of carbonyl (C=O) groups is 1. The standard InChI is InChI=1S/C7H6ClIN2O.ClH/c8-6-3-4(9)1-2-5(6)7(12)11-10;/h1-3H,10H2,(H,11,12);1H. The number of benzene rings is 1. The van der Waals surface area contributed by atoms with Crippen molar-refractivity contribution < 1.29 is 4.79 Å². The average molecular weight is 333 g/mol. The summed E-state index contributed by atoms with van der Waals surface area (Å²) in [7, 11) is 0. The summed E-state index contributed by atoms with van der Waals surface area (Å²) < 4.78 is 0.978. The molecule has 0 fully saturated rings. The number of nitrogen functional groups attached to an aromatic ring is 1. The van der Waals surface area contributed by atoms with Crippen LogP contribution < -0.4 is 11.3 Å². The highest BCUT2D eigenvalue weighted by atomic mass is 127. The van der Waals surface area contributed by atoms with E-state index in [1.807, 2.05) is 5.43 Å². The molecule has 3 N–H and O–H groups in total. The Bertz CT molecular complexity index is 319. The SMILES string of the molecule is Cl.NNC(=O)c1ccc(I)cc1Cl. The Morgan fingerprint density at radius 3 is 2.62 bits per heavy atom. The van der Waals surface area contributed by atoms with Gasteiger partial charge < -0.3 is 0 Å². The third-order valence-electron chi connectivity index (χ3n) is 1.31. The van der Waals surface area contributed by atoms with Crippen LogP contribution in [0.4, 0.5) is 0 Å². The number of nitrogens with two attached hydrogens (primary N) is 1. The summed E-state index contributed by atoms with van der Waals surface area (Å²) in [5.74, 6) is 4.57. The topological polar surface area (TPSA) is 55.1 Å². The molecular weight excluding hydrogens is 326 g/mol. The Hall–Kier alpha value is -0.0400. The summed E-state index contributed by atoms with van der Waals surface area (Å²) >= 11 is 7.89. The first-order chi connectivity index (χ1) is 5.65.